The van der Waals surface area contributed by atoms with E-state index in [1.807, 2.05) is 53.8 Å². The Hall–Kier alpha value is -3.49. The lowest BCUT2D eigenvalue weighted by molar-refractivity contribution is -0.160. The molecule has 35 heavy (non-hydrogen) atoms. The molecule has 1 saturated carbocycles. The zero-order chi connectivity index (χ0) is 24.8. The fraction of sp³-hybridized carbons (Fsp3) is 0.423. The van der Waals surface area contributed by atoms with Crippen molar-refractivity contribution < 1.29 is 33.0 Å². The predicted molar refractivity (Wildman–Crippen MR) is 122 cm³/mol. The third-order valence-electron chi connectivity index (χ3n) is 7.71. The first-order valence-electron chi connectivity index (χ1n) is 11.8. The summed E-state index contributed by atoms with van der Waals surface area (Å²) in [5.74, 6) is -6.59. The molecule has 2 aromatic rings. The molecule has 7 nitrogen and oxygen atoms in total. The highest BCUT2D eigenvalue weighted by Crippen LogP contribution is 2.50. The van der Waals surface area contributed by atoms with Crippen molar-refractivity contribution in [3.8, 4) is 11.1 Å². The van der Waals surface area contributed by atoms with Gasteiger partial charge in [-0.1, -0.05) is 55.0 Å². The molecule has 5 rings (SSSR count). The number of benzene rings is 2. The molecule has 184 valence electrons. The van der Waals surface area contributed by atoms with Crippen LogP contribution in [0.1, 0.15) is 42.7 Å². The van der Waals surface area contributed by atoms with E-state index in [9.17, 15) is 28.3 Å². The number of carboxylic acid groups (broad SMARTS) is 1. The summed E-state index contributed by atoms with van der Waals surface area (Å²) in [7, 11) is 0. The molecule has 9 heteroatoms. The topological polar surface area (TPSA) is 95.9 Å². The summed E-state index contributed by atoms with van der Waals surface area (Å²) in [6.07, 6.45) is 0.453. The molecule has 2 aromatic carbocycles. The lowest BCUT2D eigenvalue weighted by Crippen LogP contribution is -2.53. The van der Waals surface area contributed by atoms with Gasteiger partial charge < -0.3 is 20.1 Å². The van der Waals surface area contributed by atoms with E-state index in [-0.39, 0.29) is 25.5 Å². The molecule has 2 unspecified atom stereocenters. The Balaban J connectivity index is 1.19. The molecule has 2 N–H and O–H groups in total. The van der Waals surface area contributed by atoms with Gasteiger partial charge in [0.15, 0.2) is 0 Å². The van der Waals surface area contributed by atoms with Crippen LogP contribution < -0.4 is 5.32 Å². The van der Waals surface area contributed by atoms with Gasteiger partial charge in [-0.15, -0.1) is 0 Å². The number of ether oxygens (including phenoxy) is 1. The van der Waals surface area contributed by atoms with Gasteiger partial charge in [-0.2, -0.15) is 8.78 Å². The zero-order valence-electron chi connectivity index (χ0n) is 19.0. The minimum Gasteiger partial charge on any atom is -0.481 e. The highest BCUT2D eigenvalue weighted by atomic mass is 19.3. The van der Waals surface area contributed by atoms with E-state index in [1.165, 1.54) is 0 Å². The Morgan fingerprint density at radius 1 is 1.06 bits per heavy atom. The summed E-state index contributed by atoms with van der Waals surface area (Å²) >= 11 is 0. The van der Waals surface area contributed by atoms with Crippen molar-refractivity contribution in [3.05, 3.63) is 59.7 Å². The van der Waals surface area contributed by atoms with Crippen LogP contribution in [0.4, 0.5) is 13.6 Å². The lowest BCUT2D eigenvalue weighted by Gasteiger charge is -2.31. The van der Waals surface area contributed by atoms with Crippen molar-refractivity contribution in [3.63, 3.8) is 0 Å². The second-order valence-electron chi connectivity index (χ2n) is 9.50. The van der Waals surface area contributed by atoms with Crippen LogP contribution in [0.5, 0.6) is 0 Å². The van der Waals surface area contributed by atoms with Crippen molar-refractivity contribution in [1.82, 2.24) is 10.2 Å². The van der Waals surface area contributed by atoms with E-state index in [1.54, 1.807) is 0 Å². The standard InChI is InChI=1S/C26H26F2N2O5/c27-26(28,22(31)30-13-12-25(23(32)33)11-5-10-21(25)30)15-29-24(34)35-14-20-18-8-3-1-6-16(18)17-7-2-4-9-19(17)20/h1-4,6-9,20-21H,5,10-15H2,(H,29,34)(H,32,33). The molecule has 2 amide bonds. The summed E-state index contributed by atoms with van der Waals surface area (Å²) in [6, 6.07) is 14.8. The van der Waals surface area contributed by atoms with E-state index < -0.39 is 41.9 Å². The van der Waals surface area contributed by atoms with Gasteiger partial charge in [0.25, 0.3) is 5.91 Å². The summed E-state index contributed by atoms with van der Waals surface area (Å²) in [6.45, 7) is -1.28. The Morgan fingerprint density at radius 2 is 1.69 bits per heavy atom. The Bertz CT molecular complexity index is 1140. The molecule has 2 fully saturated rings. The van der Waals surface area contributed by atoms with E-state index >= 15 is 0 Å². The molecule has 0 bridgehead atoms. The van der Waals surface area contributed by atoms with Gasteiger partial charge in [-0.25, -0.2) is 4.79 Å². The minimum atomic E-state index is -3.87. The smallest absolute Gasteiger partial charge is 0.407 e. The van der Waals surface area contributed by atoms with E-state index in [0.29, 0.717) is 19.3 Å². The molecule has 1 aliphatic heterocycles. The third kappa shape index (κ3) is 3.83. The zero-order valence-corrected chi connectivity index (χ0v) is 19.0. The largest absolute Gasteiger partial charge is 0.481 e. The molecular formula is C26H26F2N2O5. The maximum Gasteiger partial charge on any atom is 0.407 e. The van der Waals surface area contributed by atoms with Crippen molar-refractivity contribution in [2.75, 3.05) is 19.7 Å². The van der Waals surface area contributed by atoms with Gasteiger partial charge in [0, 0.05) is 18.5 Å². The van der Waals surface area contributed by atoms with Crippen LogP contribution in [0.3, 0.4) is 0 Å². The van der Waals surface area contributed by atoms with Crippen LogP contribution in [0.2, 0.25) is 0 Å². The van der Waals surface area contributed by atoms with Gasteiger partial charge in [0.1, 0.15) is 6.61 Å². The summed E-state index contributed by atoms with van der Waals surface area (Å²) in [5, 5.41) is 11.6. The first kappa shape index (κ1) is 23.3. The molecule has 2 aliphatic carbocycles. The average Bonchev–Trinajstić information content (AvgIpc) is 3.52. The number of alkyl carbamates (subject to hydrolysis) is 1. The Labute approximate surface area is 201 Å². The first-order chi connectivity index (χ1) is 16.7. The van der Waals surface area contributed by atoms with Crippen LogP contribution in [-0.2, 0) is 14.3 Å². The van der Waals surface area contributed by atoms with E-state index in [4.69, 9.17) is 4.74 Å². The van der Waals surface area contributed by atoms with Crippen LogP contribution in [-0.4, -0.2) is 59.6 Å². The fourth-order valence-corrected chi connectivity index (χ4v) is 5.99. The molecule has 2 atom stereocenters. The number of nitrogens with one attached hydrogen (secondary N) is 1. The molecular weight excluding hydrogens is 458 g/mol. The van der Waals surface area contributed by atoms with Crippen LogP contribution in [0.25, 0.3) is 11.1 Å². The molecule has 0 spiro atoms. The fourth-order valence-electron chi connectivity index (χ4n) is 5.99. The molecule has 0 radical (unpaired) electrons. The number of aliphatic carboxylic acids is 1. The number of carbonyl (C=O) groups excluding carboxylic acids is 2. The second-order valence-corrected chi connectivity index (χ2v) is 9.50. The Morgan fingerprint density at radius 3 is 2.31 bits per heavy atom. The highest BCUT2D eigenvalue weighted by Gasteiger charge is 2.59. The SMILES string of the molecule is O=C(NCC(F)(F)C(=O)N1CCC2(C(=O)O)CCCC12)OCC1c2ccccc2-c2ccccc21. The highest BCUT2D eigenvalue weighted by molar-refractivity contribution is 5.87. The van der Waals surface area contributed by atoms with Crippen molar-refractivity contribution in [1.29, 1.82) is 0 Å². The van der Waals surface area contributed by atoms with Crippen molar-refractivity contribution in [2.24, 2.45) is 5.41 Å². The molecule has 0 aromatic heterocycles. The number of nitrogens with zero attached hydrogens (tertiary/aromatic N) is 1. The monoisotopic (exact) mass is 484 g/mol. The number of fused-ring (bicyclic) bond motifs is 4. The number of alkyl halides is 2. The average molecular weight is 484 g/mol. The normalized spacial score (nSPS) is 22.9. The maximum absolute atomic E-state index is 14.7. The van der Waals surface area contributed by atoms with Gasteiger partial charge in [0.05, 0.1) is 12.0 Å². The lowest BCUT2D eigenvalue weighted by atomic mass is 9.82. The Kier molecular flexibility index (Phi) is 5.73. The first-order valence-corrected chi connectivity index (χ1v) is 11.8. The van der Waals surface area contributed by atoms with Crippen LogP contribution >= 0.6 is 0 Å². The number of carboxylic acids is 1. The molecule has 3 aliphatic rings. The minimum absolute atomic E-state index is 0.0314. The van der Waals surface area contributed by atoms with E-state index in [0.717, 1.165) is 27.2 Å². The number of carbonyl (C=O) groups is 3. The van der Waals surface area contributed by atoms with Gasteiger partial charge >= 0.3 is 18.0 Å². The molecule has 1 heterocycles. The third-order valence-corrected chi connectivity index (χ3v) is 7.71. The number of hydrogen-bond donors (Lipinski definition) is 2. The number of hydrogen-bond acceptors (Lipinski definition) is 4. The van der Waals surface area contributed by atoms with Gasteiger partial charge in [0.2, 0.25) is 0 Å². The molecule has 1 saturated heterocycles. The summed E-state index contributed by atoms with van der Waals surface area (Å²) < 4.78 is 34.7. The van der Waals surface area contributed by atoms with Crippen molar-refractivity contribution in [2.45, 2.75) is 43.6 Å². The summed E-state index contributed by atoms with van der Waals surface area (Å²) in [5.41, 5.74) is 2.93. The maximum atomic E-state index is 14.7. The van der Waals surface area contributed by atoms with Crippen LogP contribution in [0.15, 0.2) is 48.5 Å². The quantitative estimate of drug-likeness (QED) is 0.646. The predicted octanol–water partition coefficient (Wildman–Crippen LogP) is 4.02. The number of rotatable bonds is 6. The second kappa shape index (κ2) is 8.62. The number of amides is 2. The summed E-state index contributed by atoms with van der Waals surface area (Å²) in [4.78, 5) is 37.6. The number of likely N-dealkylation sites (tertiary alicyclic amines) is 1. The van der Waals surface area contributed by atoms with Crippen molar-refractivity contribution >= 4 is 18.0 Å². The van der Waals surface area contributed by atoms with Gasteiger partial charge in [-0.05, 0) is 41.5 Å². The van der Waals surface area contributed by atoms with Gasteiger partial charge in [-0.3, -0.25) is 9.59 Å². The van der Waals surface area contributed by atoms with Crippen LogP contribution in [0, 0.1) is 5.41 Å². The van der Waals surface area contributed by atoms with E-state index in [2.05, 4.69) is 0 Å². The number of halogens is 2.